The Bertz CT molecular complexity index is 289. The summed E-state index contributed by atoms with van der Waals surface area (Å²) in [6.45, 7) is 0. The van der Waals surface area contributed by atoms with Crippen LogP contribution in [0.3, 0.4) is 0 Å². The van der Waals surface area contributed by atoms with Crippen LogP contribution in [0, 0.1) is 22.7 Å². The highest BCUT2D eigenvalue weighted by molar-refractivity contribution is 8.17. The van der Waals surface area contributed by atoms with Gasteiger partial charge in [-0.3, -0.25) is 0 Å². The van der Waals surface area contributed by atoms with E-state index in [4.69, 9.17) is 10.5 Å². The summed E-state index contributed by atoms with van der Waals surface area (Å²) >= 11 is 3.03. The number of hydrogen-bond acceptors (Lipinski definition) is 6. The number of unbranched alkanes of at least 4 members (excludes halogenated alkanes) is 1. The van der Waals surface area contributed by atoms with Crippen LogP contribution >= 0.6 is 23.5 Å². The van der Waals surface area contributed by atoms with E-state index in [1.807, 2.05) is 0 Å². The Hall–Kier alpha value is -0.940. The summed E-state index contributed by atoms with van der Waals surface area (Å²) in [6, 6.07) is 4.13. The molecule has 0 heterocycles. The second-order valence-corrected chi connectivity index (χ2v) is 5.14. The standard InChI is InChI=1S/C9H11N3OS2/c10-4-2-1-3-9(14-6-5-11)15-8-12-7-13/h9H,1-3,6,8H2. The van der Waals surface area contributed by atoms with Gasteiger partial charge in [0.05, 0.1) is 28.4 Å². The monoisotopic (exact) mass is 241 g/mol. The van der Waals surface area contributed by atoms with Gasteiger partial charge >= 0.3 is 0 Å². The van der Waals surface area contributed by atoms with Gasteiger partial charge in [0.25, 0.3) is 0 Å². The third-order valence-electron chi connectivity index (χ3n) is 1.45. The van der Waals surface area contributed by atoms with Gasteiger partial charge < -0.3 is 0 Å². The van der Waals surface area contributed by atoms with Crippen LogP contribution in [0.1, 0.15) is 19.3 Å². The Morgan fingerprint density at radius 3 is 2.67 bits per heavy atom. The lowest BCUT2D eigenvalue weighted by atomic mass is 10.3. The molecule has 80 valence electrons. The summed E-state index contributed by atoms with van der Waals surface area (Å²) in [6.07, 6.45) is 3.68. The third-order valence-corrected chi connectivity index (χ3v) is 4.06. The minimum atomic E-state index is 0.232. The van der Waals surface area contributed by atoms with E-state index in [0.717, 1.165) is 12.8 Å². The zero-order valence-electron chi connectivity index (χ0n) is 8.18. The van der Waals surface area contributed by atoms with Crippen LogP contribution < -0.4 is 0 Å². The largest absolute Gasteiger partial charge is 0.235 e. The third kappa shape index (κ3) is 9.37. The van der Waals surface area contributed by atoms with Crippen molar-refractivity contribution >= 4 is 29.6 Å². The van der Waals surface area contributed by atoms with Gasteiger partial charge in [-0.15, -0.1) is 23.5 Å². The summed E-state index contributed by atoms with van der Waals surface area (Å²) in [5.41, 5.74) is 0. The first-order valence-electron chi connectivity index (χ1n) is 4.36. The minimum absolute atomic E-state index is 0.232. The van der Waals surface area contributed by atoms with Crippen molar-refractivity contribution in [3.8, 4) is 12.1 Å². The molecule has 0 bridgehead atoms. The second kappa shape index (κ2) is 11.1. The first kappa shape index (κ1) is 14.1. The molecule has 0 aliphatic rings. The lowest BCUT2D eigenvalue weighted by Gasteiger charge is -2.11. The van der Waals surface area contributed by atoms with Crippen LogP contribution in [0.5, 0.6) is 0 Å². The molecule has 15 heavy (non-hydrogen) atoms. The van der Waals surface area contributed by atoms with Crippen molar-refractivity contribution in [2.24, 2.45) is 4.99 Å². The highest BCUT2D eigenvalue weighted by Gasteiger charge is 2.08. The Morgan fingerprint density at radius 2 is 2.07 bits per heavy atom. The van der Waals surface area contributed by atoms with E-state index in [0.29, 0.717) is 18.1 Å². The van der Waals surface area contributed by atoms with Crippen molar-refractivity contribution in [2.75, 3.05) is 11.6 Å². The molecule has 4 nitrogen and oxygen atoms in total. The maximum atomic E-state index is 9.85. The van der Waals surface area contributed by atoms with E-state index < -0.39 is 0 Å². The molecular weight excluding hydrogens is 230 g/mol. The van der Waals surface area contributed by atoms with Gasteiger partial charge in [0, 0.05) is 6.42 Å². The lowest BCUT2D eigenvalue weighted by Crippen LogP contribution is -1.98. The summed E-state index contributed by atoms with van der Waals surface area (Å²) in [7, 11) is 0. The lowest BCUT2D eigenvalue weighted by molar-refractivity contribution is 0.564. The molecule has 0 aliphatic carbocycles. The fourth-order valence-corrected chi connectivity index (χ4v) is 2.83. The number of nitrogens with zero attached hydrogens (tertiary/aromatic N) is 3. The first-order valence-corrected chi connectivity index (χ1v) is 6.45. The van der Waals surface area contributed by atoms with Crippen molar-refractivity contribution in [2.45, 2.75) is 23.8 Å². The molecule has 1 atom stereocenters. The molecule has 0 aromatic carbocycles. The molecule has 0 aromatic heterocycles. The van der Waals surface area contributed by atoms with Gasteiger partial charge in [-0.2, -0.15) is 15.5 Å². The minimum Gasteiger partial charge on any atom is -0.211 e. The highest BCUT2D eigenvalue weighted by Crippen LogP contribution is 2.28. The quantitative estimate of drug-likeness (QED) is 0.282. The predicted octanol–water partition coefficient (Wildman–Crippen LogP) is 2.29. The zero-order valence-corrected chi connectivity index (χ0v) is 9.81. The van der Waals surface area contributed by atoms with Crippen LogP contribution in [-0.2, 0) is 4.79 Å². The van der Waals surface area contributed by atoms with Gasteiger partial charge in [-0.1, -0.05) is 0 Å². The average molecular weight is 241 g/mol. The second-order valence-electron chi connectivity index (χ2n) is 2.49. The van der Waals surface area contributed by atoms with Crippen molar-refractivity contribution in [1.82, 2.24) is 0 Å². The summed E-state index contributed by atoms with van der Waals surface area (Å²) in [5, 5.41) is 16.8. The average Bonchev–Trinajstić information content (AvgIpc) is 2.25. The summed E-state index contributed by atoms with van der Waals surface area (Å²) in [5.74, 6) is 0.800. The van der Waals surface area contributed by atoms with Crippen molar-refractivity contribution in [3.63, 3.8) is 0 Å². The van der Waals surface area contributed by atoms with E-state index in [9.17, 15) is 4.79 Å². The predicted molar refractivity (Wildman–Crippen MR) is 61.9 cm³/mol. The summed E-state index contributed by atoms with van der Waals surface area (Å²) < 4.78 is 0.232. The Labute approximate surface area is 97.7 Å². The SMILES string of the molecule is N#CCCCC(SCC#N)SCN=C=O. The molecule has 1 unspecified atom stereocenters. The molecule has 0 radical (unpaired) electrons. The maximum Gasteiger partial charge on any atom is 0.235 e. The van der Waals surface area contributed by atoms with Gasteiger partial charge in [-0.05, 0) is 12.8 Å². The Kier molecular flexibility index (Phi) is 10.4. The molecule has 0 spiro atoms. The van der Waals surface area contributed by atoms with Gasteiger partial charge in [0.1, 0.15) is 0 Å². The van der Waals surface area contributed by atoms with Crippen LogP contribution in [-0.4, -0.2) is 22.3 Å². The fourth-order valence-electron chi connectivity index (χ4n) is 0.840. The highest BCUT2D eigenvalue weighted by atomic mass is 32.2. The number of hydrogen-bond donors (Lipinski definition) is 0. The number of thioether (sulfide) groups is 2. The smallest absolute Gasteiger partial charge is 0.211 e. The molecule has 0 N–H and O–H groups in total. The molecule has 0 amide bonds. The van der Waals surface area contributed by atoms with E-state index in [2.05, 4.69) is 17.1 Å². The van der Waals surface area contributed by atoms with E-state index >= 15 is 0 Å². The van der Waals surface area contributed by atoms with E-state index in [1.165, 1.54) is 29.6 Å². The molecule has 0 aromatic rings. The maximum absolute atomic E-state index is 9.85. The normalized spacial score (nSPS) is 10.8. The number of rotatable bonds is 8. The molecule has 0 saturated carbocycles. The van der Waals surface area contributed by atoms with Crippen LogP contribution in [0.15, 0.2) is 4.99 Å². The molecule has 0 saturated heterocycles. The Balaban J connectivity index is 3.79. The zero-order chi connectivity index (χ0) is 11.4. The van der Waals surface area contributed by atoms with Crippen molar-refractivity contribution < 1.29 is 4.79 Å². The van der Waals surface area contributed by atoms with Gasteiger partial charge in [-0.25, -0.2) is 4.79 Å². The summed E-state index contributed by atoms with van der Waals surface area (Å²) in [4.78, 5) is 13.3. The molecule has 0 fully saturated rings. The molecule has 6 heteroatoms. The number of nitriles is 2. The number of carbonyl (C=O) groups excluding carboxylic acids is 1. The van der Waals surface area contributed by atoms with Gasteiger partial charge in [0.15, 0.2) is 0 Å². The molecular formula is C9H11N3OS2. The number of isocyanates is 1. The van der Waals surface area contributed by atoms with Crippen LogP contribution in [0.25, 0.3) is 0 Å². The van der Waals surface area contributed by atoms with E-state index in [-0.39, 0.29) is 4.58 Å². The molecule has 0 aliphatic heterocycles. The van der Waals surface area contributed by atoms with E-state index in [1.54, 1.807) is 0 Å². The molecule has 0 rings (SSSR count). The Morgan fingerprint density at radius 1 is 1.27 bits per heavy atom. The van der Waals surface area contributed by atoms with Gasteiger partial charge in [0.2, 0.25) is 6.08 Å². The topological polar surface area (TPSA) is 77.0 Å². The van der Waals surface area contributed by atoms with Crippen LogP contribution in [0.2, 0.25) is 0 Å². The fraction of sp³-hybridized carbons (Fsp3) is 0.667. The number of aliphatic imine (C=N–C) groups is 1. The first-order chi connectivity index (χ1) is 7.35. The van der Waals surface area contributed by atoms with Crippen LogP contribution in [0.4, 0.5) is 0 Å². The van der Waals surface area contributed by atoms with Crippen molar-refractivity contribution in [1.29, 1.82) is 10.5 Å². The van der Waals surface area contributed by atoms with Crippen molar-refractivity contribution in [3.05, 3.63) is 0 Å².